The van der Waals surface area contributed by atoms with E-state index in [9.17, 15) is 9.59 Å². The lowest BCUT2D eigenvalue weighted by Gasteiger charge is -1.99. The number of carbonyl (C=O) groups is 2. The van der Waals surface area contributed by atoms with Gasteiger partial charge in [-0.2, -0.15) is 10.4 Å². The number of amides is 1. The Balaban J connectivity index is 4.52. The number of nitrogens with one attached hydrogen (secondary N) is 1. The molecule has 0 saturated heterocycles. The number of nitriles is 1. The number of hydrazone groups is 1. The van der Waals surface area contributed by atoms with E-state index >= 15 is 0 Å². The number of hydrogen-bond acceptors (Lipinski definition) is 6. The lowest BCUT2D eigenvalue weighted by Crippen LogP contribution is -2.25. The van der Waals surface area contributed by atoms with Crippen molar-refractivity contribution in [3.63, 3.8) is 0 Å². The van der Waals surface area contributed by atoms with Gasteiger partial charge in [-0.1, -0.05) is 5.16 Å². The van der Waals surface area contributed by atoms with Crippen LogP contribution in [0.1, 0.15) is 20.3 Å². The summed E-state index contributed by atoms with van der Waals surface area (Å²) in [6.45, 7) is 2.59. The van der Waals surface area contributed by atoms with Crippen molar-refractivity contribution < 1.29 is 14.8 Å². The van der Waals surface area contributed by atoms with Crippen molar-refractivity contribution in [1.82, 2.24) is 5.43 Å². The molecule has 0 aliphatic heterocycles. The molecule has 0 fully saturated rings. The van der Waals surface area contributed by atoms with Gasteiger partial charge in [0.1, 0.15) is 6.42 Å². The fraction of sp³-hybridized carbons (Fsp3) is 0.375. The number of carbonyl (C=O) groups excluding carboxylic acids is 2. The number of nitrogens with zero attached hydrogens (tertiary/aromatic N) is 3. The predicted octanol–water partition coefficient (Wildman–Crippen LogP) is -0.189. The van der Waals surface area contributed by atoms with Crippen molar-refractivity contribution in [3.8, 4) is 6.07 Å². The Hall–Kier alpha value is -2.23. The van der Waals surface area contributed by atoms with Crippen molar-refractivity contribution in [2.24, 2.45) is 10.3 Å². The maximum atomic E-state index is 10.9. The van der Waals surface area contributed by atoms with E-state index in [0.29, 0.717) is 0 Å². The summed E-state index contributed by atoms with van der Waals surface area (Å²) in [5.74, 6) is -1.08. The Morgan fingerprint density at radius 3 is 2.47 bits per heavy atom. The molecule has 0 bridgehead atoms. The van der Waals surface area contributed by atoms with E-state index in [0.717, 1.165) is 0 Å². The summed E-state index contributed by atoms with van der Waals surface area (Å²) in [5.41, 5.74) is 1.86. The van der Waals surface area contributed by atoms with E-state index in [1.165, 1.54) is 13.8 Å². The van der Waals surface area contributed by atoms with Crippen molar-refractivity contribution in [1.29, 1.82) is 5.26 Å². The molecule has 0 aromatic rings. The van der Waals surface area contributed by atoms with E-state index < -0.39 is 11.7 Å². The monoisotopic (exact) mass is 210 g/mol. The van der Waals surface area contributed by atoms with E-state index in [-0.39, 0.29) is 17.8 Å². The van der Waals surface area contributed by atoms with Crippen LogP contribution in [0.2, 0.25) is 0 Å². The average Bonchev–Trinajstić information content (AvgIpc) is 2.15. The van der Waals surface area contributed by atoms with Gasteiger partial charge in [0, 0.05) is 6.92 Å². The maximum Gasteiger partial charge on any atom is 0.254 e. The Morgan fingerprint density at radius 2 is 2.07 bits per heavy atom. The number of oxime groups is 1. The molecule has 0 saturated carbocycles. The third-order valence-electron chi connectivity index (χ3n) is 1.36. The molecule has 0 radical (unpaired) electrons. The number of Topliss-reactive ketones (excluding diaryl/α,β-unsaturated/α-hetero) is 1. The molecule has 0 aliphatic carbocycles. The topological polar surface area (TPSA) is 115 Å². The third kappa shape index (κ3) is 4.52. The highest BCUT2D eigenvalue weighted by atomic mass is 16.4. The molecule has 7 heteroatoms. The molecule has 0 unspecified atom stereocenters. The molecule has 0 aromatic heterocycles. The van der Waals surface area contributed by atoms with Gasteiger partial charge >= 0.3 is 0 Å². The smallest absolute Gasteiger partial charge is 0.254 e. The minimum absolute atomic E-state index is 0.0660. The van der Waals surface area contributed by atoms with Crippen LogP contribution >= 0.6 is 0 Å². The van der Waals surface area contributed by atoms with E-state index in [2.05, 4.69) is 10.3 Å². The average molecular weight is 210 g/mol. The van der Waals surface area contributed by atoms with Crippen molar-refractivity contribution in [3.05, 3.63) is 0 Å². The molecule has 2 N–H and O–H groups in total. The molecule has 15 heavy (non-hydrogen) atoms. The van der Waals surface area contributed by atoms with Crippen LogP contribution in [-0.4, -0.2) is 28.3 Å². The summed E-state index contributed by atoms with van der Waals surface area (Å²) in [6.07, 6.45) is -0.331. The van der Waals surface area contributed by atoms with E-state index in [1.807, 2.05) is 5.43 Å². The van der Waals surface area contributed by atoms with E-state index in [4.69, 9.17) is 10.5 Å². The van der Waals surface area contributed by atoms with Gasteiger partial charge in [-0.25, -0.2) is 5.43 Å². The number of rotatable bonds is 4. The predicted molar refractivity (Wildman–Crippen MR) is 51.4 cm³/mol. The van der Waals surface area contributed by atoms with Crippen molar-refractivity contribution in [2.75, 3.05) is 0 Å². The molecule has 0 atom stereocenters. The summed E-state index contributed by atoms with van der Waals surface area (Å²) in [7, 11) is 0. The van der Waals surface area contributed by atoms with Crippen LogP contribution < -0.4 is 5.43 Å². The van der Waals surface area contributed by atoms with Crippen molar-refractivity contribution in [2.45, 2.75) is 20.3 Å². The molecule has 80 valence electrons. The van der Waals surface area contributed by atoms with Crippen LogP contribution in [-0.2, 0) is 9.59 Å². The molecular formula is C8H10N4O3. The van der Waals surface area contributed by atoms with Gasteiger partial charge < -0.3 is 5.21 Å². The van der Waals surface area contributed by atoms with Gasteiger partial charge in [0.05, 0.1) is 11.8 Å². The lowest BCUT2D eigenvalue weighted by molar-refractivity contribution is -0.120. The summed E-state index contributed by atoms with van der Waals surface area (Å²) >= 11 is 0. The first-order valence-corrected chi connectivity index (χ1v) is 3.96. The van der Waals surface area contributed by atoms with Crippen LogP contribution in [0.5, 0.6) is 0 Å². The molecule has 0 aliphatic rings. The second-order valence-corrected chi connectivity index (χ2v) is 2.57. The van der Waals surface area contributed by atoms with Gasteiger partial charge in [-0.3, -0.25) is 9.59 Å². The Morgan fingerprint density at radius 1 is 1.47 bits per heavy atom. The number of ketones is 1. The first-order valence-electron chi connectivity index (χ1n) is 3.96. The lowest BCUT2D eigenvalue weighted by atomic mass is 10.2. The van der Waals surface area contributed by atoms with Gasteiger partial charge in [0.15, 0.2) is 11.5 Å². The summed E-state index contributed by atoms with van der Waals surface area (Å²) in [6, 6.07) is 1.63. The minimum Gasteiger partial charge on any atom is -0.410 e. The van der Waals surface area contributed by atoms with Crippen LogP contribution in [0.4, 0.5) is 0 Å². The normalized spacial score (nSPS) is 11.8. The molecule has 0 spiro atoms. The van der Waals surface area contributed by atoms with Crippen LogP contribution in [0.3, 0.4) is 0 Å². The zero-order valence-corrected chi connectivity index (χ0v) is 8.31. The SMILES string of the molecule is CC(=O)C(=NO)C(C)=NNC(=O)CC#N. The van der Waals surface area contributed by atoms with E-state index in [1.54, 1.807) is 6.07 Å². The first-order chi connectivity index (χ1) is 7.02. The van der Waals surface area contributed by atoms with Crippen LogP contribution in [0.15, 0.2) is 10.3 Å². The molecule has 0 rings (SSSR count). The zero-order valence-electron chi connectivity index (χ0n) is 8.31. The first kappa shape index (κ1) is 12.8. The molecule has 7 nitrogen and oxygen atoms in total. The summed E-state index contributed by atoms with van der Waals surface area (Å²) in [4.78, 5) is 21.7. The highest BCUT2D eigenvalue weighted by Gasteiger charge is 2.10. The van der Waals surface area contributed by atoms with Gasteiger partial charge in [0.25, 0.3) is 5.91 Å². The fourth-order valence-electron chi connectivity index (χ4n) is 0.708. The maximum absolute atomic E-state index is 10.9. The fourth-order valence-corrected chi connectivity index (χ4v) is 0.708. The second kappa shape index (κ2) is 6.26. The van der Waals surface area contributed by atoms with Gasteiger partial charge in [0.2, 0.25) is 0 Å². The Kier molecular flexibility index (Phi) is 5.33. The molecule has 1 amide bonds. The quantitative estimate of drug-likeness (QED) is 0.380. The standard InChI is InChI=1S/C8H10N4O3/c1-5(8(12-15)6(2)13)10-11-7(14)3-4-9/h15H,3H2,1-2H3,(H,11,14). The molecule has 0 heterocycles. The summed E-state index contributed by atoms with van der Waals surface area (Å²) < 4.78 is 0. The summed E-state index contributed by atoms with van der Waals surface area (Å²) in [5, 5.41) is 22.8. The van der Waals surface area contributed by atoms with Crippen LogP contribution in [0, 0.1) is 11.3 Å². The molecule has 0 aromatic carbocycles. The third-order valence-corrected chi connectivity index (χ3v) is 1.36. The number of hydrogen-bond donors (Lipinski definition) is 2. The minimum atomic E-state index is -0.599. The highest BCUT2D eigenvalue weighted by Crippen LogP contribution is 1.86. The van der Waals surface area contributed by atoms with Crippen molar-refractivity contribution >= 4 is 23.1 Å². The van der Waals surface area contributed by atoms with Gasteiger partial charge in [-0.15, -0.1) is 0 Å². The highest BCUT2D eigenvalue weighted by molar-refractivity contribution is 6.66. The second-order valence-electron chi connectivity index (χ2n) is 2.57. The molecular weight excluding hydrogens is 200 g/mol. The van der Waals surface area contributed by atoms with Gasteiger partial charge in [-0.05, 0) is 6.92 Å². The Bertz CT molecular complexity index is 365. The Labute approximate surface area is 86.1 Å². The zero-order chi connectivity index (χ0) is 11.8. The largest absolute Gasteiger partial charge is 0.410 e. The van der Waals surface area contributed by atoms with Crippen LogP contribution in [0.25, 0.3) is 0 Å².